The van der Waals surface area contributed by atoms with E-state index in [0.717, 1.165) is 24.3 Å². The Hall–Kier alpha value is -1.08. The van der Waals surface area contributed by atoms with Gasteiger partial charge in [-0.2, -0.15) is 13.2 Å². The van der Waals surface area contributed by atoms with Crippen molar-refractivity contribution < 1.29 is 21.6 Å². The van der Waals surface area contributed by atoms with Crippen molar-refractivity contribution in [1.29, 1.82) is 0 Å². The molecule has 3 nitrogen and oxygen atoms in total. The van der Waals surface area contributed by atoms with Crippen LogP contribution in [0.2, 0.25) is 0 Å². The smallest absolute Gasteiger partial charge is 0.316 e. The van der Waals surface area contributed by atoms with Crippen LogP contribution in [-0.4, -0.2) is 27.3 Å². The van der Waals surface area contributed by atoms with E-state index in [1.165, 1.54) is 0 Å². The van der Waals surface area contributed by atoms with Crippen molar-refractivity contribution in [2.24, 2.45) is 0 Å². The first kappa shape index (κ1) is 16.0. The second-order valence-electron chi connectivity index (χ2n) is 4.20. The third kappa shape index (κ3) is 4.21. The van der Waals surface area contributed by atoms with E-state index in [4.69, 9.17) is 0 Å². The van der Waals surface area contributed by atoms with Gasteiger partial charge >= 0.3 is 6.18 Å². The molecule has 19 heavy (non-hydrogen) atoms. The Balaban J connectivity index is 2.97. The van der Waals surface area contributed by atoms with Crippen LogP contribution in [0.1, 0.15) is 18.9 Å². The zero-order chi connectivity index (χ0) is 14.7. The van der Waals surface area contributed by atoms with Gasteiger partial charge < -0.3 is 5.32 Å². The van der Waals surface area contributed by atoms with Crippen LogP contribution in [0.15, 0.2) is 29.2 Å². The van der Waals surface area contributed by atoms with E-state index in [1.807, 2.05) is 6.92 Å². The second-order valence-corrected chi connectivity index (χ2v) is 6.23. The molecule has 1 N–H and O–H groups in total. The van der Waals surface area contributed by atoms with E-state index in [1.54, 1.807) is 7.05 Å². The van der Waals surface area contributed by atoms with Gasteiger partial charge in [-0.25, -0.2) is 8.42 Å². The molecule has 1 aromatic carbocycles. The monoisotopic (exact) mass is 295 g/mol. The van der Waals surface area contributed by atoms with Crippen molar-refractivity contribution in [2.45, 2.75) is 30.5 Å². The van der Waals surface area contributed by atoms with Gasteiger partial charge in [0.15, 0.2) is 9.84 Å². The van der Waals surface area contributed by atoms with E-state index < -0.39 is 21.6 Å². The summed E-state index contributed by atoms with van der Waals surface area (Å²) in [5.74, 6) is -0.134. The first-order valence-electron chi connectivity index (χ1n) is 5.78. The Morgan fingerprint density at radius 3 is 2.11 bits per heavy atom. The van der Waals surface area contributed by atoms with Gasteiger partial charge in [-0.3, -0.25) is 0 Å². The lowest BCUT2D eigenvalue weighted by atomic mass is 10.2. The maximum absolute atomic E-state index is 12.4. The predicted octanol–water partition coefficient (Wildman–Crippen LogP) is 2.48. The number of hydrogen-bond donors (Lipinski definition) is 1. The molecular formula is C12H16F3NO2S. The summed E-state index contributed by atoms with van der Waals surface area (Å²) in [6, 6.07) is 3.36. The summed E-state index contributed by atoms with van der Waals surface area (Å²) >= 11 is 0. The minimum atomic E-state index is -4.46. The summed E-state index contributed by atoms with van der Waals surface area (Å²) in [7, 11) is -1.93. The number of alkyl halides is 3. The molecule has 0 saturated heterocycles. The molecule has 1 unspecified atom stereocenters. The fourth-order valence-corrected chi connectivity index (χ4v) is 3.29. The molecule has 0 saturated carbocycles. The van der Waals surface area contributed by atoms with Crippen LogP contribution in [-0.2, 0) is 16.0 Å². The van der Waals surface area contributed by atoms with Crippen molar-refractivity contribution in [3.8, 4) is 0 Å². The molecule has 0 bridgehead atoms. The molecule has 7 heteroatoms. The summed E-state index contributed by atoms with van der Waals surface area (Å²) in [6.45, 7) is 1.84. The molecular weight excluding hydrogens is 279 g/mol. The number of sulfone groups is 1. The topological polar surface area (TPSA) is 46.2 Å². The molecule has 0 heterocycles. The minimum Gasteiger partial charge on any atom is -0.316 e. The Bertz CT molecular complexity index is 505. The molecule has 108 valence electrons. The lowest BCUT2D eigenvalue weighted by Gasteiger charge is -2.14. The maximum atomic E-state index is 12.4. The zero-order valence-corrected chi connectivity index (χ0v) is 11.5. The fourth-order valence-electron chi connectivity index (χ4n) is 1.62. The Morgan fingerprint density at radius 1 is 1.21 bits per heavy atom. The average Bonchev–Trinajstić information content (AvgIpc) is 2.35. The standard InChI is InChI=1S/C12H16F3NO2S/c1-3-10(16-2)8-19(17,18)11-6-4-9(5-7-11)12(13,14)15/h4-7,10,16H,3,8H2,1-2H3. The Kier molecular flexibility index (Phi) is 4.98. The quantitative estimate of drug-likeness (QED) is 0.907. The SMILES string of the molecule is CCC(CS(=O)(=O)c1ccc(C(F)(F)F)cc1)NC. The number of hydrogen-bond acceptors (Lipinski definition) is 3. The van der Waals surface area contributed by atoms with Crippen LogP contribution in [0.4, 0.5) is 13.2 Å². The average molecular weight is 295 g/mol. The second kappa shape index (κ2) is 5.92. The summed E-state index contributed by atoms with van der Waals surface area (Å²) in [4.78, 5) is -0.0887. The molecule has 0 aliphatic carbocycles. The third-order valence-electron chi connectivity index (χ3n) is 2.86. The van der Waals surface area contributed by atoms with Gasteiger partial charge in [0.2, 0.25) is 0 Å². The molecule has 0 fully saturated rings. The molecule has 1 rings (SSSR count). The summed E-state index contributed by atoms with van der Waals surface area (Å²) < 4.78 is 61.1. The molecule has 0 amide bonds. The van der Waals surface area contributed by atoms with Gasteiger partial charge in [0.25, 0.3) is 0 Å². The fraction of sp³-hybridized carbons (Fsp3) is 0.500. The van der Waals surface area contributed by atoms with Gasteiger partial charge in [-0.15, -0.1) is 0 Å². The first-order chi connectivity index (χ1) is 8.70. The highest BCUT2D eigenvalue weighted by molar-refractivity contribution is 7.91. The van der Waals surface area contributed by atoms with Crippen molar-refractivity contribution in [1.82, 2.24) is 5.32 Å². The van der Waals surface area contributed by atoms with Crippen LogP contribution < -0.4 is 5.32 Å². The highest BCUT2D eigenvalue weighted by atomic mass is 32.2. The summed E-state index contributed by atoms with van der Waals surface area (Å²) in [6.07, 6.45) is -3.84. The molecule has 0 aromatic heterocycles. The predicted molar refractivity (Wildman–Crippen MR) is 66.6 cm³/mol. The molecule has 1 atom stereocenters. The maximum Gasteiger partial charge on any atom is 0.416 e. The highest BCUT2D eigenvalue weighted by Crippen LogP contribution is 2.29. The van der Waals surface area contributed by atoms with Gasteiger partial charge in [0.1, 0.15) is 0 Å². The van der Waals surface area contributed by atoms with E-state index in [2.05, 4.69) is 5.32 Å². The third-order valence-corrected chi connectivity index (χ3v) is 4.69. The summed E-state index contributed by atoms with van der Waals surface area (Å²) in [5, 5.41) is 2.85. The molecule has 0 aliphatic rings. The molecule has 0 spiro atoms. The molecule has 0 aliphatic heterocycles. The van der Waals surface area contributed by atoms with Crippen LogP contribution in [0.5, 0.6) is 0 Å². The number of halogens is 3. The van der Waals surface area contributed by atoms with Crippen molar-refractivity contribution >= 4 is 9.84 Å². The lowest BCUT2D eigenvalue weighted by molar-refractivity contribution is -0.137. The first-order valence-corrected chi connectivity index (χ1v) is 7.43. The van der Waals surface area contributed by atoms with Crippen molar-refractivity contribution in [2.75, 3.05) is 12.8 Å². The molecule has 0 radical (unpaired) electrons. The largest absolute Gasteiger partial charge is 0.416 e. The van der Waals surface area contributed by atoms with Gasteiger partial charge in [0.05, 0.1) is 16.2 Å². The van der Waals surface area contributed by atoms with Crippen LogP contribution in [0, 0.1) is 0 Å². The molecule has 1 aromatic rings. The van der Waals surface area contributed by atoms with Crippen LogP contribution in [0.25, 0.3) is 0 Å². The number of nitrogens with one attached hydrogen (secondary N) is 1. The summed E-state index contributed by atoms with van der Waals surface area (Å²) in [5.41, 5.74) is -0.855. The highest BCUT2D eigenvalue weighted by Gasteiger charge is 2.30. The van der Waals surface area contributed by atoms with E-state index >= 15 is 0 Å². The minimum absolute atomic E-state index is 0.0887. The lowest BCUT2D eigenvalue weighted by Crippen LogP contribution is -2.32. The Morgan fingerprint density at radius 2 is 1.74 bits per heavy atom. The zero-order valence-electron chi connectivity index (χ0n) is 10.7. The number of rotatable bonds is 5. The van der Waals surface area contributed by atoms with Crippen molar-refractivity contribution in [3.63, 3.8) is 0 Å². The van der Waals surface area contributed by atoms with Crippen LogP contribution >= 0.6 is 0 Å². The van der Waals surface area contributed by atoms with Crippen LogP contribution in [0.3, 0.4) is 0 Å². The van der Waals surface area contributed by atoms with Crippen molar-refractivity contribution in [3.05, 3.63) is 29.8 Å². The van der Waals surface area contributed by atoms with Gasteiger partial charge in [-0.05, 0) is 37.7 Å². The normalized spacial score (nSPS) is 14.4. The Labute approximate surface area is 110 Å². The van der Waals surface area contributed by atoms with E-state index in [9.17, 15) is 21.6 Å². The van der Waals surface area contributed by atoms with Gasteiger partial charge in [0, 0.05) is 6.04 Å². The van der Waals surface area contributed by atoms with E-state index in [-0.39, 0.29) is 16.7 Å². The van der Waals surface area contributed by atoms with Gasteiger partial charge in [-0.1, -0.05) is 6.92 Å². The van der Waals surface area contributed by atoms with E-state index in [0.29, 0.717) is 6.42 Å². The number of benzene rings is 1.